The first-order chi connectivity index (χ1) is 14.1. The van der Waals surface area contributed by atoms with Crippen molar-refractivity contribution in [3.05, 3.63) is 65.7 Å². The summed E-state index contributed by atoms with van der Waals surface area (Å²) in [6.45, 7) is 8.00. The fourth-order valence-electron chi connectivity index (χ4n) is 2.94. The van der Waals surface area contributed by atoms with Gasteiger partial charge in [-0.3, -0.25) is 14.4 Å². The second-order valence-corrected chi connectivity index (χ2v) is 8.67. The molecular weight excluding hydrogens is 378 g/mol. The molecule has 0 atom stereocenters. The molecule has 160 valence electrons. The highest BCUT2D eigenvalue weighted by Gasteiger charge is 2.23. The molecule has 2 aromatic carbocycles. The summed E-state index contributed by atoms with van der Waals surface area (Å²) in [7, 11) is 0. The molecule has 0 aliphatic rings. The number of nitrogens with one attached hydrogen (secondary N) is 2. The van der Waals surface area contributed by atoms with Crippen LogP contribution in [0, 0.1) is 12.3 Å². The van der Waals surface area contributed by atoms with Crippen molar-refractivity contribution in [1.29, 1.82) is 0 Å². The van der Waals surface area contributed by atoms with Crippen molar-refractivity contribution in [2.75, 3.05) is 18.4 Å². The Labute approximate surface area is 178 Å². The van der Waals surface area contributed by atoms with E-state index in [1.165, 1.54) is 4.90 Å². The summed E-state index contributed by atoms with van der Waals surface area (Å²) < 4.78 is 0. The van der Waals surface area contributed by atoms with E-state index in [-0.39, 0.29) is 36.2 Å². The summed E-state index contributed by atoms with van der Waals surface area (Å²) >= 11 is 0. The maximum absolute atomic E-state index is 12.8. The van der Waals surface area contributed by atoms with Crippen molar-refractivity contribution in [3.8, 4) is 0 Å². The zero-order valence-corrected chi connectivity index (χ0v) is 18.2. The van der Waals surface area contributed by atoms with E-state index < -0.39 is 0 Å². The van der Waals surface area contributed by atoms with Gasteiger partial charge in [-0.1, -0.05) is 63.2 Å². The maximum Gasteiger partial charge on any atom is 0.243 e. The average molecular weight is 410 g/mol. The predicted molar refractivity (Wildman–Crippen MR) is 119 cm³/mol. The lowest BCUT2D eigenvalue weighted by molar-refractivity contribution is -0.138. The molecule has 2 rings (SSSR count). The first kappa shape index (κ1) is 23.1. The van der Waals surface area contributed by atoms with Crippen molar-refractivity contribution < 1.29 is 14.4 Å². The van der Waals surface area contributed by atoms with E-state index in [2.05, 4.69) is 10.6 Å². The van der Waals surface area contributed by atoms with Gasteiger partial charge in [0, 0.05) is 18.7 Å². The molecule has 0 unspecified atom stereocenters. The minimum atomic E-state index is -0.368. The second kappa shape index (κ2) is 10.6. The summed E-state index contributed by atoms with van der Waals surface area (Å²) in [5, 5.41) is 5.36. The Morgan fingerprint density at radius 2 is 1.63 bits per heavy atom. The number of benzene rings is 2. The number of hydrogen-bond donors (Lipinski definition) is 2. The first-order valence-electron chi connectivity index (χ1n) is 10.1. The molecule has 6 nitrogen and oxygen atoms in total. The topological polar surface area (TPSA) is 78.5 Å². The van der Waals surface area contributed by atoms with Crippen LogP contribution in [0.25, 0.3) is 0 Å². The summed E-state index contributed by atoms with van der Waals surface area (Å²) in [6.07, 6.45) is 0.334. The average Bonchev–Trinajstić information content (AvgIpc) is 2.65. The molecule has 0 heterocycles. The zero-order chi connectivity index (χ0) is 22.1. The highest BCUT2D eigenvalue weighted by molar-refractivity contribution is 5.95. The predicted octanol–water partition coefficient (Wildman–Crippen LogP) is 3.51. The maximum atomic E-state index is 12.8. The van der Waals surface area contributed by atoms with Crippen LogP contribution < -0.4 is 10.6 Å². The van der Waals surface area contributed by atoms with E-state index in [4.69, 9.17) is 0 Å². The summed E-state index contributed by atoms with van der Waals surface area (Å²) in [4.78, 5) is 38.9. The first-order valence-corrected chi connectivity index (χ1v) is 10.1. The summed E-state index contributed by atoms with van der Waals surface area (Å²) in [6, 6.07) is 17.0. The van der Waals surface area contributed by atoms with Crippen LogP contribution in [0.15, 0.2) is 54.6 Å². The Morgan fingerprint density at radius 1 is 0.933 bits per heavy atom. The van der Waals surface area contributed by atoms with Crippen LogP contribution in [-0.2, 0) is 20.9 Å². The Hall–Kier alpha value is -3.15. The van der Waals surface area contributed by atoms with Gasteiger partial charge in [0.1, 0.15) is 0 Å². The lowest BCUT2D eigenvalue weighted by atomic mass is 9.91. The lowest BCUT2D eigenvalue weighted by Crippen LogP contribution is -2.43. The third-order valence-electron chi connectivity index (χ3n) is 4.33. The van der Waals surface area contributed by atoms with Crippen molar-refractivity contribution in [2.24, 2.45) is 5.41 Å². The third kappa shape index (κ3) is 8.47. The number of carbonyl (C=O) groups is 3. The van der Waals surface area contributed by atoms with Gasteiger partial charge in [0.05, 0.1) is 13.1 Å². The van der Waals surface area contributed by atoms with Crippen LogP contribution in [-0.4, -0.2) is 35.7 Å². The molecule has 0 bridgehead atoms. The van der Waals surface area contributed by atoms with E-state index in [0.29, 0.717) is 18.7 Å². The lowest BCUT2D eigenvalue weighted by Gasteiger charge is -2.26. The molecule has 0 aliphatic carbocycles. The van der Waals surface area contributed by atoms with Crippen molar-refractivity contribution in [2.45, 2.75) is 40.7 Å². The van der Waals surface area contributed by atoms with E-state index in [9.17, 15) is 14.4 Å². The number of aryl methyl sites for hydroxylation is 1. The van der Waals surface area contributed by atoms with Gasteiger partial charge < -0.3 is 15.5 Å². The molecule has 3 amide bonds. The number of hydrogen-bond acceptors (Lipinski definition) is 3. The molecule has 0 saturated heterocycles. The molecule has 0 radical (unpaired) electrons. The SMILES string of the molecule is Cc1cccc(NC(=O)CNC(=O)CN(Cc2ccccc2)C(=O)CC(C)(C)C)c1. The number of amides is 3. The molecule has 0 spiro atoms. The Morgan fingerprint density at radius 3 is 2.27 bits per heavy atom. The van der Waals surface area contributed by atoms with E-state index in [1.807, 2.05) is 76.2 Å². The van der Waals surface area contributed by atoms with Gasteiger partial charge in [-0.2, -0.15) is 0 Å². The highest BCUT2D eigenvalue weighted by Crippen LogP contribution is 2.20. The monoisotopic (exact) mass is 409 g/mol. The van der Waals surface area contributed by atoms with Crippen LogP contribution >= 0.6 is 0 Å². The van der Waals surface area contributed by atoms with Crippen molar-refractivity contribution >= 4 is 23.4 Å². The van der Waals surface area contributed by atoms with Crippen LogP contribution in [0.4, 0.5) is 5.69 Å². The Bertz CT molecular complexity index is 873. The van der Waals surface area contributed by atoms with Gasteiger partial charge in [0.25, 0.3) is 0 Å². The minimum absolute atomic E-state index is 0.0919. The van der Waals surface area contributed by atoms with Crippen molar-refractivity contribution in [3.63, 3.8) is 0 Å². The van der Waals surface area contributed by atoms with Gasteiger partial charge in [-0.25, -0.2) is 0 Å². The zero-order valence-electron chi connectivity index (χ0n) is 18.2. The number of anilines is 1. The van der Waals surface area contributed by atoms with Gasteiger partial charge in [0.2, 0.25) is 17.7 Å². The highest BCUT2D eigenvalue weighted by atomic mass is 16.2. The van der Waals surface area contributed by atoms with Crippen molar-refractivity contribution in [1.82, 2.24) is 10.2 Å². The van der Waals surface area contributed by atoms with E-state index in [0.717, 1.165) is 11.1 Å². The summed E-state index contributed by atoms with van der Waals surface area (Å²) in [5.41, 5.74) is 2.48. The fourth-order valence-corrected chi connectivity index (χ4v) is 2.94. The molecule has 0 aliphatic heterocycles. The van der Waals surface area contributed by atoms with Gasteiger partial charge >= 0.3 is 0 Å². The second-order valence-electron chi connectivity index (χ2n) is 8.67. The molecule has 2 N–H and O–H groups in total. The standard InChI is InChI=1S/C24H31N3O3/c1-18-9-8-12-20(13-18)26-21(28)15-25-22(29)17-27(23(30)14-24(2,3)4)16-19-10-6-5-7-11-19/h5-13H,14-17H2,1-4H3,(H,25,29)(H,26,28). The minimum Gasteiger partial charge on any atom is -0.345 e. The van der Waals surface area contributed by atoms with Gasteiger partial charge in [-0.15, -0.1) is 0 Å². The number of rotatable bonds is 8. The third-order valence-corrected chi connectivity index (χ3v) is 4.33. The molecule has 2 aromatic rings. The fraction of sp³-hybridized carbons (Fsp3) is 0.375. The molecule has 0 aromatic heterocycles. The van der Waals surface area contributed by atoms with Crippen LogP contribution in [0.2, 0.25) is 0 Å². The normalized spacial score (nSPS) is 10.9. The molecule has 0 saturated carbocycles. The van der Waals surface area contributed by atoms with Gasteiger partial charge in [-0.05, 0) is 35.6 Å². The van der Waals surface area contributed by atoms with Crippen LogP contribution in [0.5, 0.6) is 0 Å². The van der Waals surface area contributed by atoms with Gasteiger partial charge in [0.15, 0.2) is 0 Å². The summed E-state index contributed by atoms with van der Waals surface area (Å²) in [5.74, 6) is -0.775. The van der Waals surface area contributed by atoms with E-state index in [1.54, 1.807) is 6.07 Å². The smallest absolute Gasteiger partial charge is 0.243 e. The van der Waals surface area contributed by atoms with E-state index >= 15 is 0 Å². The number of nitrogens with zero attached hydrogens (tertiary/aromatic N) is 1. The molecular formula is C24H31N3O3. The largest absolute Gasteiger partial charge is 0.345 e. The quantitative estimate of drug-likeness (QED) is 0.700. The number of carbonyl (C=O) groups excluding carboxylic acids is 3. The molecule has 0 fully saturated rings. The molecule has 30 heavy (non-hydrogen) atoms. The van der Waals surface area contributed by atoms with Crippen LogP contribution in [0.1, 0.15) is 38.3 Å². The Kier molecular flexibility index (Phi) is 8.16. The molecule has 6 heteroatoms. The Balaban J connectivity index is 1.93. The van der Waals surface area contributed by atoms with Crippen LogP contribution in [0.3, 0.4) is 0 Å².